The van der Waals surface area contributed by atoms with Gasteiger partial charge in [0, 0.05) is 23.8 Å². The van der Waals surface area contributed by atoms with Crippen molar-refractivity contribution in [2.45, 2.75) is 0 Å². The Labute approximate surface area is 108 Å². The van der Waals surface area contributed by atoms with Crippen molar-refractivity contribution in [2.75, 3.05) is 5.06 Å². The van der Waals surface area contributed by atoms with Crippen molar-refractivity contribution in [3.63, 3.8) is 0 Å². The second-order valence-electron chi connectivity index (χ2n) is 4.26. The number of carbonyl (C=O) groups excluding carboxylic acids is 1. The normalized spacial score (nSPS) is 16.7. The molecule has 3 rings (SSSR count). The molecule has 4 N–H and O–H groups in total. The molecule has 1 aliphatic rings. The van der Waals surface area contributed by atoms with E-state index in [1.54, 1.807) is 0 Å². The van der Waals surface area contributed by atoms with Crippen molar-refractivity contribution in [3.8, 4) is 5.75 Å². The van der Waals surface area contributed by atoms with E-state index in [0.29, 0.717) is 28.9 Å². The number of aromatic hydroxyl groups is 1. The molecule has 0 bridgehead atoms. The van der Waals surface area contributed by atoms with Gasteiger partial charge in [0.1, 0.15) is 23.4 Å². The number of nitrogens with one attached hydrogen (secondary N) is 1. The van der Waals surface area contributed by atoms with Crippen LogP contribution in [0.2, 0.25) is 0 Å². The van der Waals surface area contributed by atoms with Crippen molar-refractivity contribution in [1.82, 2.24) is 0 Å². The lowest BCUT2D eigenvalue weighted by Gasteiger charge is -2.28. The van der Waals surface area contributed by atoms with Crippen molar-refractivity contribution >= 4 is 29.0 Å². The third-order valence-corrected chi connectivity index (χ3v) is 3.10. The maximum Gasteiger partial charge on any atom is 0.195 e. The van der Waals surface area contributed by atoms with E-state index in [0.717, 1.165) is 5.06 Å². The van der Waals surface area contributed by atoms with Gasteiger partial charge in [-0.05, 0) is 18.2 Å². The predicted molar refractivity (Wildman–Crippen MR) is 65.9 cm³/mol. The van der Waals surface area contributed by atoms with E-state index in [-0.39, 0.29) is 16.5 Å². The fraction of sp³-hybridized carbons (Fsp3) is 0. The molecule has 0 saturated carbocycles. The largest absolute Gasteiger partial charge is 0.508 e. The number of hydrogen-bond donors (Lipinski definition) is 4. The van der Waals surface area contributed by atoms with Crippen molar-refractivity contribution < 1.29 is 25.4 Å². The van der Waals surface area contributed by atoms with Gasteiger partial charge in [-0.3, -0.25) is 10.0 Å². The van der Waals surface area contributed by atoms with Crippen LogP contribution in [0.4, 0.5) is 22.7 Å². The number of benzene rings is 2. The Hall–Kier alpha value is -2.41. The van der Waals surface area contributed by atoms with E-state index in [4.69, 9.17) is 0 Å². The Bertz CT molecular complexity index is 672. The van der Waals surface area contributed by atoms with Crippen LogP contribution in [0.5, 0.6) is 5.75 Å². The number of quaternary nitrogens is 1. The van der Waals surface area contributed by atoms with Gasteiger partial charge in [0.05, 0.1) is 0 Å². The van der Waals surface area contributed by atoms with Crippen molar-refractivity contribution in [1.29, 1.82) is 0 Å². The highest BCUT2D eigenvalue weighted by Crippen LogP contribution is 2.39. The summed E-state index contributed by atoms with van der Waals surface area (Å²) in [6.45, 7) is 0. The van der Waals surface area contributed by atoms with Gasteiger partial charge in [-0.25, -0.2) is 10.3 Å². The van der Waals surface area contributed by atoms with E-state index < -0.39 is 0 Å². The second-order valence-corrected chi connectivity index (χ2v) is 4.26. The van der Waals surface area contributed by atoms with Crippen LogP contribution in [0.15, 0.2) is 36.4 Å². The predicted octanol–water partition coefficient (Wildman–Crippen LogP) is 1.28. The summed E-state index contributed by atoms with van der Waals surface area (Å²) >= 11 is 0. The van der Waals surface area contributed by atoms with Gasteiger partial charge in [0.25, 0.3) is 0 Å². The highest BCUT2D eigenvalue weighted by Gasteiger charge is 2.33. The number of phenolic OH excluding ortho intramolecular Hbond substituents is 1. The molecule has 96 valence electrons. The van der Waals surface area contributed by atoms with Crippen LogP contribution in [-0.2, 0) is 0 Å². The molecule has 2 aromatic carbocycles. The highest BCUT2D eigenvalue weighted by atomic mass is 16.5. The monoisotopic (exact) mass is 259 g/mol. The maximum absolute atomic E-state index is 10.8. The molecule has 1 unspecified atom stereocenters. The summed E-state index contributed by atoms with van der Waals surface area (Å²) < 4.78 is 0. The van der Waals surface area contributed by atoms with Crippen LogP contribution in [-0.4, -0.2) is 21.8 Å². The molecule has 6 heteroatoms. The molecule has 0 amide bonds. The van der Waals surface area contributed by atoms with E-state index in [2.05, 4.69) is 0 Å². The molecule has 2 aromatic rings. The minimum Gasteiger partial charge on any atom is -0.508 e. The molecule has 6 nitrogen and oxygen atoms in total. The lowest BCUT2D eigenvalue weighted by atomic mass is 10.1. The van der Waals surface area contributed by atoms with Crippen LogP contribution >= 0.6 is 0 Å². The van der Waals surface area contributed by atoms with Gasteiger partial charge in [-0.2, -0.15) is 0 Å². The summed E-state index contributed by atoms with van der Waals surface area (Å²) in [5.41, 5.74) is 1.78. The summed E-state index contributed by atoms with van der Waals surface area (Å²) in [6.07, 6.45) is 0.668. The quantitative estimate of drug-likeness (QED) is 0.458. The fourth-order valence-electron chi connectivity index (χ4n) is 2.17. The smallest absolute Gasteiger partial charge is 0.195 e. The first kappa shape index (κ1) is 11.7. The minimum atomic E-state index is -0.0426. The molecule has 0 spiro atoms. The molecular formula is C13H11N2O4+. The number of fused-ring (bicyclic) bond motifs is 2. The van der Waals surface area contributed by atoms with E-state index in [1.807, 2.05) is 0 Å². The number of carbonyl (C=O) groups is 1. The Balaban J connectivity index is 2.22. The molecule has 0 aliphatic carbocycles. The van der Waals surface area contributed by atoms with Crippen LogP contribution in [0.3, 0.4) is 0 Å². The topological polar surface area (TPSA) is 85.4 Å². The van der Waals surface area contributed by atoms with Crippen LogP contribution in [0.1, 0.15) is 10.4 Å². The fourth-order valence-corrected chi connectivity index (χ4v) is 2.17. The minimum absolute atomic E-state index is 0.0152. The number of phenols is 1. The van der Waals surface area contributed by atoms with Crippen LogP contribution < -0.4 is 10.1 Å². The third kappa shape index (κ3) is 1.66. The summed E-state index contributed by atoms with van der Waals surface area (Å²) in [7, 11) is 0. The lowest BCUT2D eigenvalue weighted by molar-refractivity contribution is -0.978. The Morgan fingerprint density at radius 1 is 1.05 bits per heavy atom. The molecule has 0 saturated heterocycles. The summed E-state index contributed by atoms with van der Waals surface area (Å²) in [4.78, 5) is 10.8. The lowest BCUT2D eigenvalue weighted by Crippen LogP contribution is -3.00. The second kappa shape index (κ2) is 4.06. The maximum atomic E-state index is 10.8. The number of aldehydes is 1. The molecule has 1 atom stereocenters. The first-order chi connectivity index (χ1) is 9.11. The molecule has 0 radical (unpaired) electrons. The van der Waals surface area contributed by atoms with Crippen LogP contribution in [0, 0.1) is 0 Å². The first-order valence-corrected chi connectivity index (χ1v) is 5.59. The first-order valence-electron chi connectivity index (χ1n) is 5.59. The zero-order valence-electron chi connectivity index (χ0n) is 9.74. The number of nitrogens with zero attached hydrogens (tertiary/aromatic N) is 1. The van der Waals surface area contributed by atoms with Gasteiger partial charge >= 0.3 is 0 Å². The third-order valence-electron chi connectivity index (χ3n) is 3.10. The standard InChI is InChI=1S/C13H10N2O4/c16-7-8-1-3-10-12(5-8)14(18)11-4-2-9(17)6-13(11)15(10)19/h1-7,17-19H/p+1. The highest BCUT2D eigenvalue weighted by molar-refractivity contribution is 5.84. The number of hydrogen-bond acceptors (Lipinski definition) is 5. The van der Waals surface area contributed by atoms with E-state index in [1.165, 1.54) is 36.4 Å². The van der Waals surface area contributed by atoms with E-state index in [9.17, 15) is 20.3 Å². The van der Waals surface area contributed by atoms with E-state index >= 15 is 0 Å². The summed E-state index contributed by atoms with van der Waals surface area (Å²) in [5, 5.41) is 30.6. The Morgan fingerprint density at radius 2 is 1.84 bits per heavy atom. The zero-order chi connectivity index (χ0) is 13.6. The molecular weight excluding hydrogens is 248 g/mol. The molecule has 0 aromatic heterocycles. The average Bonchev–Trinajstić information content (AvgIpc) is 2.44. The number of anilines is 2. The average molecular weight is 259 g/mol. The zero-order valence-corrected chi connectivity index (χ0v) is 9.74. The van der Waals surface area contributed by atoms with Gasteiger partial charge < -0.3 is 5.11 Å². The SMILES string of the molecule is O=Cc1ccc2c(c1)[NH+](O)c1ccc(O)cc1N2O. The van der Waals surface area contributed by atoms with Crippen LogP contribution in [0.25, 0.3) is 0 Å². The number of rotatable bonds is 1. The molecule has 19 heavy (non-hydrogen) atoms. The van der Waals surface area contributed by atoms with Gasteiger partial charge in [-0.15, -0.1) is 5.06 Å². The Kier molecular flexibility index (Phi) is 2.49. The molecule has 1 aliphatic heterocycles. The van der Waals surface area contributed by atoms with Crippen molar-refractivity contribution in [3.05, 3.63) is 42.0 Å². The van der Waals surface area contributed by atoms with Gasteiger partial charge in [0.2, 0.25) is 0 Å². The summed E-state index contributed by atoms with van der Waals surface area (Å²) in [5.74, 6) is -0.0152. The molecule has 1 heterocycles. The van der Waals surface area contributed by atoms with Crippen molar-refractivity contribution in [2.24, 2.45) is 0 Å². The summed E-state index contributed by atoms with van der Waals surface area (Å²) in [6, 6.07) is 8.83. The van der Waals surface area contributed by atoms with Gasteiger partial charge in [-0.1, -0.05) is 0 Å². The van der Waals surface area contributed by atoms with Gasteiger partial charge in [0.15, 0.2) is 11.4 Å². The molecule has 0 fully saturated rings. The Morgan fingerprint density at radius 3 is 2.58 bits per heavy atom.